The molecule has 0 saturated carbocycles. The van der Waals surface area contributed by atoms with Crippen LogP contribution in [0.4, 0.5) is 0 Å². The molecule has 352 valence electrons. The van der Waals surface area contributed by atoms with E-state index in [0.29, 0.717) is 31.5 Å². The van der Waals surface area contributed by atoms with E-state index in [4.69, 9.17) is 5.73 Å². The summed E-state index contributed by atoms with van der Waals surface area (Å²) in [4.78, 5) is 80.5. The Bertz CT molecular complexity index is 1340. The lowest BCUT2D eigenvalue weighted by Crippen LogP contribution is -2.63. The average molecular weight is 870 g/mol. The maximum Gasteiger partial charge on any atom is 0.240 e. The zero-order valence-electron chi connectivity index (χ0n) is 37.1. The van der Waals surface area contributed by atoms with Gasteiger partial charge in [-0.15, -0.1) is 0 Å². The number of rotatable bonds is 37. The van der Waals surface area contributed by atoms with Crippen molar-refractivity contribution < 1.29 is 49.2 Å². The van der Waals surface area contributed by atoms with Gasteiger partial charge in [-0.25, -0.2) is 0 Å². The molecule has 0 aromatic carbocycles. The van der Waals surface area contributed by atoms with Crippen molar-refractivity contribution in [1.82, 2.24) is 37.2 Å². The van der Waals surface area contributed by atoms with Crippen molar-refractivity contribution in [2.45, 2.75) is 198 Å². The minimum Gasteiger partial charge on any atom is -0.394 e. The summed E-state index contributed by atoms with van der Waals surface area (Å²) in [5.41, 5.74) is 5.98. The number of unbranched alkanes of at least 4 members (excludes halogenated alkanes) is 13. The Balaban J connectivity index is 2.77. The zero-order valence-corrected chi connectivity index (χ0v) is 37.1. The standard InChI is InChI=1S/C42H79N9O10/c1-5-7-9-10-11-12-13-14-15-16-17-18-19-21-36(56)45-25-37(57)47-34(26-52)41(60)50-33(23-35(43)55)39(58)49-32(22-30-24-44-27-46-30)40(59)51-38(29(4)54)42(61)48-31(28(3)53)20-8-6-2/h29,31-34,38,40-41,44,50-52,54,59-60H,5-27H2,1-4H3,(H2,43,55)(H,45,56)(H,47,57)(H,48,61)(H,49,58)/t29?,31-,32-,33?,34-,38-,40-,41-/m0/s1. The summed E-state index contributed by atoms with van der Waals surface area (Å²) in [6.07, 6.45) is 11.9. The van der Waals surface area contributed by atoms with Crippen molar-refractivity contribution in [3.05, 3.63) is 0 Å². The first kappa shape index (κ1) is 55.4. The summed E-state index contributed by atoms with van der Waals surface area (Å²) >= 11 is 0. The second-order valence-electron chi connectivity index (χ2n) is 16.2. The number of nitrogens with two attached hydrogens (primary N) is 1. The molecule has 0 bridgehead atoms. The molecule has 1 heterocycles. The van der Waals surface area contributed by atoms with E-state index < -0.39 is 92.0 Å². The number of nitrogens with one attached hydrogen (secondary N) is 7. The molecule has 5 amide bonds. The molecule has 1 rings (SSSR count). The predicted octanol–water partition coefficient (Wildman–Crippen LogP) is 0.0110. The molecule has 0 aromatic heterocycles. The van der Waals surface area contributed by atoms with E-state index in [9.17, 15) is 49.2 Å². The zero-order chi connectivity index (χ0) is 45.6. The Kier molecular flexibility index (Phi) is 30.0. The van der Waals surface area contributed by atoms with Gasteiger partial charge in [-0.05, 0) is 26.7 Å². The van der Waals surface area contributed by atoms with E-state index >= 15 is 0 Å². The number of primary amides is 1. The highest BCUT2D eigenvalue weighted by molar-refractivity contribution is 5.91. The minimum absolute atomic E-state index is 0.0418. The van der Waals surface area contributed by atoms with Gasteiger partial charge in [0.2, 0.25) is 29.5 Å². The van der Waals surface area contributed by atoms with Crippen LogP contribution in [0.5, 0.6) is 0 Å². The molecule has 0 radical (unpaired) electrons. The molecular weight excluding hydrogens is 791 g/mol. The summed E-state index contributed by atoms with van der Waals surface area (Å²) in [7, 11) is 0. The van der Waals surface area contributed by atoms with Gasteiger partial charge in [0.05, 0.1) is 56.5 Å². The van der Waals surface area contributed by atoms with Crippen LogP contribution in [0.1, 0.15) is 150 Å². The Morgan fingerprint density at radius 1 is 0.721 bits per heavy atom. The van der Waals surface area contributed by atoms with E-state index in [1.807, 2.05) is 6.92 Å². The number of aliphatic hydroxyl groups is 4. The number of ketones is 1. The molecule has 0 fully saturated rings. The third kappa shape index (κ3) is 25.2. The highest BCUT2D eigenvalue weighted by Gasteiger charge is 2.35. The highest BCUT2D eigenvalue weighted by Crippen LogP contribution is 2.13. The van der Waals surface area contributed by atoms with Gasteiger partial charge in [0.25, 0.3) is 0 Å². The number of hydrogen-bond acceptors (Lipinski definition) is 14. The molecule has 61 heavy (non-hydrogen) atoms. The lowest BCUT2D eigenvalue weighted by molar-refractivity contribution is -0.132. The topological polar surface area (TPSA) is 306 Å². The number of hydrogen-bond donors (Lipinski definition) is 12. The maximum absolute atomic E-state index is 13.7. The average Bonchev–Trinajstić information content (AvgIpc) is 3.73. The number of aliphatic imine (C=N–C) groups is 1. The van der Waals surface area contributed by atoms with Crippen molar-refractivity contribution in [3.8, 4) is 0 Å². The Morgan fingerprint density at radius 2 is 1.30 bits per heavy atom. The van der Waals surface area contributed by atoms with Crippen LogP contribution < -0.4 is 43.0 Å². The molecule has 13 N–H and O–H groups in total. The largest absolute Gasteiger partial charge is 0.394 e. The SMILES string of the molecule is CCCCCCCCCCCCCCCC(=O)NCC(=O)N[C@@H](CO)[C@H](O)NC(CC(N)=O)C(=O)N[C@@H](CC1=NCNC1)[C@H](O)N[C@H](C(=O)N[C@@H](CCCC)C(C)=O)C(C)O. The van der Waals surface area contributed by atoms with E-state index in [-0.39, 0.29) is 31.2 Å². The van der Waals surface area contributed by atoms with Crippen LogP contribution in [0.2, 0.25) is 0 Å². The summed E-state index contributed by atoms with van der Waals surface area (Å²) < 4.78 is 0. The van der Waals surface area contributed by atoms with Gasteiger partial charge in [0, 0.05) is 25.1 Å². The molecule has 0 spiro atoms. The second-order valence-corrected chi connectivity index (χ2v) is 16.2. The Morgan fingerprint density at radius 3 is 1.80 bits per heavy atom. The maximum atomic E-state index is 13.7. The molecule has 0 saturated heterocycles. The molecule has 1 aliphatic heterocycles. The first-order valence-corrected chi connectivity index (χ1v) is 22.5. The monoisotopic (exact) mass is 870 g/mol. The number of carbonyl (C=O) groups excluding carboxylic acids is 6. The fourth-order valence-corrected chi connectivity index (χ4v) is 6.92. The first-order chi connectivity index (χ1) is 29.1. The third-order valence-corrected chi connectivity index (χ3v) is 10.6. The van der Waals surface area contributed by atoms with Crippen LogP contribution in [0.3, 0.4) is 0 Å². The summed E-state index contributed by atoms with van der Waals surface area (Å²) in [6.45, 7) is 6.23. The molecule has 0 aromatic rings. The number of carbonyl (C=O) groups is 6. The molecule has 0 aliphatic carbocycles. The molecule has 19 nitrogen and oxygen atoms in total. The van der Waals surface area contributed by atoms with Crippen LogP contribution in [0, 0.1) is 0 Å². The number of aliphatic hydroxyl groups excluding tert-OH is 4. The highest BCUT2D eigenvalue weighted by atomic mass is 16.3. The van der Waals surface area contributed by atoms with Crippen LogP contribution in [-0.2, 0) is 28.8 Å². The van der Waals surface area contributed by atoms with Crippen molar-refractivity contribution in [1.29, 1.82) is 0 Å². The normalized spacial score (nSPS) is 16.6. The van der Waals surface area contributed by atoms with Crippen LogP contribution in [0.15, 0.2) is 4.99 Å². The quantitative estimate of drug-likeness (QED) is 0.0290. The Labute approximate surface area is 362 Å². The second kappa shape index (κ2) is 33.0. The summed E-state index contributed by atoms with van der Waals surface area (Å²) in [5, 5.41) is 61.1. The Hall–Kier alpha value is -3.59. The van der Waals surface area contributed by atoms with Crippen molar-refractivity contribution in [2.75, 3.05) is 26.4 Å². The molecule has 8 atom stereocenters. The van der Waals surface area contributed by atoms with E-state index in [1.54, 1.807) is 0 Å². The lowest BCUT2D eigenvalue weighted by Gasteiger charge is -2.32. The van der Waals surface area contributed by atoms with E-state index in [0.717, 1.165) is 25.7 Å². The van der Waals surface area contributed by atoms with Gasteiger partial charge >= 0.3 is 0 Å². The van der Waals surface area contributed by atoms with E-state index in [1.165, 1.54) is 71.6 Å². The number of Topliss-reactive ketones (excluding diaryl/α,β-unsaturated/α-hetero) is 1. The minimum atomic E-state index is -1.79. The van der Waals surface area contributed by atoms with Gasteiger partial charge in [0.15, 0.2) is 5.78 Å². The first-order valence-electron chi connectivity index (χ1n) is 22.5. The fourth-order valence-electron chi connectivity index (χ4n) is 6.92. The fraction of sp³-hybridized carbons (Fsp3) is 0.833. The van der Waals surface area contributed by atoms with Crippen molar-refractivity contribution in [2.24, 2.45) is 10.7 Å². The summed E-state index contributed by atoms with van der Waals surface area (Å²) in [5.74, 6) is -3.92. The molecule has 19 heteroatoms. The molecular formula is C42H79N9O10. The van der Waals surface area contributed by atoms with Crippen molar-refractivity contribution >= 4 is 41.0 Å². The van der Waals surface area contributed by atoms with Gasteiger partial charge in [-0.1, -0.05) is 104 Å². The smallest absolute Gasteiger partial charge is 0.240 e. The van der Waals surface area contributed by atoms with Gasteiger partial charge < -0.3 is 47.4 Å². The van der Waals surface area contributed by atoms with Gasteiger partial charge in [-0.2, -0.15) is 0 Å². The van der Waals surface area contributed by atoms with Crippen LogP contribution >= 0.6 is 0 Å². The summed E-state index contributed by atoms with van der Waals surface area (Å²) in [6, 6.07) is -6.35. The van der Waals surface area contributed by atoms with Crippen LogP contribution in [0.25, 0.3) is 0 Å². The number of amides is 5. The lowest BCUT2D eigenvalue weighted by atomic mass is 10.0. The van der Waals surface area contributed by atoms with Crippen molar-refractivity contribution in [3.63, 3.8) is 0 Å². The van der Waals surface area contributed by atoms with E-state index in [2.05, 4.69) is 49.1 Å². The van der Waals surface area contributed by atoms with Gasteiger partial charge in [-0.3, -0.25) is 49.7 Å². The van der Waals surface area contributed by atoms with Crippen LogP contribution in [-0.4, -0.2) is 137 Å². The number of nitrogens with zero attached hydrogens (tertiary/aromatic N) is 1. The predicted molar refractivity (Wildman–Crippen MR) is 233 cm³/mol. The molecule has 1 aliphatic rings. The molecule has 2 unspecified atom stereocenters. The third-order valence-electron chi connectivity index (χ3n) is 10.6. The van der Waals surface area contributed by atoms with Gasteiger partial charge in [0.1, 0.15) is 18.5 Å².